The van der Waals surface area contributed by atoms with Gasteiger partial charge in [-0.25, -0.2) is 0 Å². The maximum absolute atomic E-state index is 5.50. The van der Waals surface area contributed by atoms with Crippen LogP contribution in [0.4, 0.5) is 0 Å². The van der Waals surface area contributed by atoms with E-state index in [1.165, 1.54) is 0 Å². The monoisotopic (exact) mass is 430 g/mol. The molecule has 1 aliphatic rings. The predicted octanol–water partition coefficient (Wildman–Crippen LogP) is 1.63. The van der Waals surface area contributed by atoms with E-state index in [9.17, 15) is 0 Å². The first kappa shape index (κ1) is 21.3. The number of nitrogens with one attached hydrogen (secondary N) is 2. The summed E-state index contributed by atoms with van der Waals surface area (Å²) in [5, 5.41) is 6.70. The Morgan fingerprint density at radius 3 is 2.48 bits per heavy atom. The lowest BCUT2D eigenvalue weighted by atomic mass is 9.89. The largest absolute Gasteiger partial charge is 0.381 e. The van der Waals surface area contributed by atoms with Crippen molar-refractivity contribution in [2.45, 2.75) is 25.3 Å². The van der Waals surface area contributed by atoms with E-state index in [4.69, 9.17) is 9.73 Å². The molecule has 0 radical (unpaired) electrons. The second-order valence-corrected chi connectivity index (χ2v) is 6.33. The topological polar surface area (TPSA) is 48.9 Å². The van der Waals surface area contributed by atoms with Crippen molar-refractivity contribution in [2.24, 2.45) is 4.99 Å². The number of halogens is 1. The maximum atomic E-state index is 5.50. The van der Waals surface area contributed by atoms with Crippen LogP contribution in [0.2, 0.25) is 0 Å². The van der Waals surface area contributed by atoms with Gasteiger partial charge in [-0.15, -0.1) is 24.0 Å². The summed E-state index contributed by atoms with van der Waals surface area (Å²) in [5.74, 6) is 2.02. The molecule has 21 heavy (non-hydrogen) atoms. The van der Waals surface area contributed by atoms with E-state index in [1.807, 2.05) is 11.8 Å². The lowest BCUT2D eigenvalue weighted by Gasteiger charge is -2.41. The van der Waals surface area contributed by atoms with E-state index in [2.05, 4.69) is 42.8 Å². The van der Waals surface area contributed by atoms with Crippen molar-refractivity contribution in [3.8, 4) is 0 Å². The van der Waals surface area contributed by atoms with Gasteiger partial charge in [-0.3, -0.25) is 4.99 Å². The molecule has 5 nitrogen and oxygen atoms in total. The maximum Gasteiger partial charge on any atom is 0.191 e. The number of likely N-dealkylation sites (N-methyl/N-ethyl adjacent to an activating group) is 1. The van der Waals surface area contributed by atoms with Crippen LogP contribution in [-0.2, 0) is 4.74 Å². The fourth-order valence-electron chi connectivity index (χ4n) is 2.34. The van der Waals surface area contributed by atoms with Gasteiger partial charge in [-0.05, 0) is 40.1 Å². The molecular weight excluding hydrogens is 399 g/mol. The van der Waals surface area contributed by atoms with Crippen LogP contribution in [-0.4, -0.2) is 75.4 Å². The summed E-state index contributed by atoms with van der Waals surface area (Å²) in [6.07, 6.45) is 4.22. The van der Waals surface area contributed by atoms with Crippen LogP contribution >= 0.6 is 35.7 Å². The third kappa shape index (κ3) is 7.38. The molecule has 1 heterocycles. The Labute approximate surface area is 151 Å². The van der Waals surface area contributed by atoms with Crippen molar-refractivity contribution in [1.29, 1.82) is 0 Å². The van der Waals surface area contributed by atoms with Gasteiger partial charge in [0.1, 0.15) is 0 Å². The Morgan fingerprint density at radius 1 is 1.29 bits per heavy atom. The van der Waals surface area contributed by atoms with Crippen LogP contribution in [0.3, 0.4) is 0 Å². The highest BCUT2D eigenvalue weighted by Gasteiger charge is 2.34. The molecule has 0 atom stereocenters. The standard InChI is InChI=1S/C14H30N4OS.HI/c1-5-15-13(16-8-11-20-4)17-12-14(18(2)3)6-9-19-10-7-14;/h5-12H2,1-4H3,(H2,15,16,17);1H. The van der Waals surface area contributed by atoms with Crippen LogP contribution in [0.1, 0.15) is 19.8 Å². The van der Waals surface area contributed by atoms with Crippen molar-refractivity contribution in [3.63, 3.8) is 0 Å². The summed E-state index contributed by atoms with van der Waals surface area (Å²) in [6, 6.07) is 0. The predicted molar refractivity (Wildman–Crippen MR) is 104 cm³/mol. The summed E-state index contributed by atoms with van der Waals surface area (Å²) in [5.41, 5.74) is 0.139. The van der Waals surface area contributed by atoms with E-state index >= 15 is 0 Å². The summed E-state index contributed by atoms with van der Waals surface area (Å²) in [7, 11) is 4.30. The Hall–Kier alpha value is 0.270. The second kappa shape index (κ2) is 11.8. The molecule has 1 aliphatic heterocycles. The summed E-state index contributed by atoms with van der Waals surface area (Å²) >= 11 is 1.84. The molecule has 0 aromatic heterocycles. The van der Waals surface area contributed by atoms with Crippen LogP contribution in [0.15, 0.2) is 4.99 Å². The molecule has 7 heteroatoms. The number of aliphatic imine (C=N–C) groups is 1. The van der Waals surface area contributed by atoms with Crippen molar-refractivity contribution in [1.82, 2.24) is 15.5 Å². The quantitative estimate of drug-likeness (QED) is 0.278. The molecule has 2 N–H and O–H groups in total. The normalized spacial score (nSPS) is 18.2. The number of guanidine groups is 1. The second-order valence-electron chi connectivity index (χ2n) is 5.35. The van der Waals surface area contributed by atoms with Gasteiger partial charge in [0.2, 0.25) is 0 Å². The number of ether oxygens (including phenoxy) is 1. The molecule has 0 aliphatic carbocycles. The number of hydrogen-bond donors (Lipinski definition) is 2. The van der Waals surface area contributed by atoms with E-state index in [0.29, 0.717) is 0 Å². The van der Waals surface area contributed by atoms with E-state index < -0.39 is 0 Å². The number of thioether (sulfide) groups is 1. The Bertz CT molecular complexity index is 297. The minimum Gasteiger partial charge on any atom is -0.381 e. The van der Waals surface area contributed by atoms with Gasteiger partial charge in [-0.2, -0.15) is 11.8 Å². The molecule has 0 unspecified atom stereocenters. The zero-order chi connectivity index (χ0) is 14.8. The zero-order valence-corrected chi connectivity index (χ0v) is 16.9. The molecule has 0 amide bonds. The molecule has 1 rings (SSSR count). The summed E-state index contributed by atoms with van der Waals surface area (Å²) in [4.78, 5) is 7.10. The van der Waals surface area contributed by atoms with E-state index in [1.54, 1.807) is 0 Å². The van der Waals surface area contributed by atoms with Gasteiger partial charge >= 0.3 is 0 Å². The number of rotatable bonds is 7. The molecule has 0 spiro atoms. The third-order valence-electron chi connectivity index (χ3n) is 3.85. The Balaban J connectivity index is 0.00000400. The molecular formula is C14H31IN4OS. The summed E-state index contributed by atoms with van der Waals surface area (Å²) in [6.45, 7) is 6.43. The average molecular weight is 430 g/mol. The van der Waals surface area contributed by atoms with Crippen molar-refractivity contribution >= 4 is 41.7 Å². The lowest BCUT2D eigenvalue weighted by Crippen LogP contribution is -2.51. The van der Waals surface area contributed by atoms with Crippen LogP contribution in [0.5, 0.6) is 0 Å². The highest BCUT2D eigenvalue weighted by atomic mass is 127. The SMILES string of the molecule is CCNC(=NCC1(N(C)C)CCOCC1)NCCSC.I. The first-order valence-electron chi connectivity index (χ1n) is 7.41. The smallest absolute Gasteiger partial charge is 0.191 e. The van der Waals surface area contributed by atoms with Gasteiger partial charge in [0.05, 0.1) is 6.54 Å². The number of hydrogen-bond acceptors (Lipinski definition) is 4. The minimum atomic E-state index is 0. The van der Waals surface area contributed by atoms with E-state index in [0.717, 1.165) is 57.4 Å². The molecule has 0 saturated carbocycles. The van der Waals surface area contributed by atoms with E-state index in [-0.39, 0.29) is 29.5 Å². The van der Waals surface area contributed by atoms with Crippen LogP contribution in [0.25, 0.3) is 0 Å². The van der Waals surface area contributed by atoms with Crippen molar-refractivity contribution < 1.29 is 4.74 Å². The van der Waals surface area contributed by atoms with Crippen LogP contribution < -0.4 is 10.6 Å². The Kier molecular flexibility index (Phi) is 11.9. The molecule has 126 valence electrons. The zero-order valence-electron chi connectivity index (χ0n) is 13.8. The molecule has 1 fully saturated rings. The fraction of sp³-hybridized carbons (Fsp3) is 0.929. The molecule has 0 bridgehead atoms. The fourth-order valence-corrected chi connectivity index (χ4v) is 2.64. The lowest BCUT2D eigenvalue weighted by molar-refractivity contribution is -0.00254. The Morgan fingerprint density at radius 2 is 1.95 bits per heavy atom. The number of nitrogens with zero attached hydrogens (tertiary/aromatic N) is 2. The average Bonchev–Trinajstić information content (AvgIpc) is 2.46. The first-order valence-corrected chi connectivity index (χ1v) is 8.80. The van der Waals surface area contributed by atoms with Gasteiger partial charge < -0.3 is 20.3 Å². The highest BCUT2D eigenvalue weighted by Crippen LogP contribution is 2.26. The van der Waals surface area contributed by atoms with Crippen LogP contribution in [0, 0.1) is 0 Å². The van der Waals surface area contributed by atoms with Gasteiger partial charge in [0.15, 0.2) is 5.96 Å². The van der Waals surface area contributed by atoms with Gasteiger partial charge in [-0.1, -0.05) is 0 Å². The molecule has 0 aromatic rings. The van der Waals surface area contributed by atoms with Gasteiger partial charge in [0.25, 0.3) is 0 Å². The third-order valence-corrected chi connectivity index (χ3v) is 4.46. The molecule has 0 aromatic carbocycles. The van der Waals surface area contributed by atoms with Crippen molar-refractivity contribution in [2.75, 3.05) is 59.0 Å². The minimum absolute atomic E-state index is 0. The molecule has 1 saturated heterocycles. The highest BCUT2D eigenvalue weighted by molar-refractivity contribution is 14.0. The van der Waals surface area contributed by atoms with Crippen molar-refractivity contribution in [3.05, 3.63) is 0 Å². The summed E-state index contributed by atoms with van der Waals surface area (Å²) < 4.78 is 5.50. The first-order chi connectivity index (χ1) is 9.64. The van der Waals surface area contributed by atoms with Gasteiger partial charge in [0, 0.05) is 37.6 Å².